The summed E-state index contributed by atoms with van der Waals surface area (Å²) in [6, 6.07) is 26.9. The van der Waals surface area contributed by atoms with Crippen LogP contribution in [0.15, 0.2) is 84.9 Å². The second-order valence-corrected chi connectivity index (χ2v) is 10.2. The van der Waals surface area contributed by atoms with Crippen LogP contribution in [-0.4, -0.2) is 42.5 Å². The number of methoxy groups -OCH3 is 1. The first-order valence-electron chi connectivity index (χ1n) is 14.1. The first-order valence-corrected chi connectivity index (χ1v) is 14.1. The zero-order valence-corrected chi connectivity index (χ0v) is 22.9. The molecule has 6 nitrogen and oxygen atoms in total. The molecule has 1 N–H and O–H groups in total. The van der Waals surface area contributed by atoms with E-state index in [1.54, 1.807) is 12.0 Å². The van der Waals surface area contributed by atoms with E-state index in [1.807, 2.05) is 84.9 Å². The number of carbonyl (C=O) groups is 2. The van der Waals surface area contributed by atoms with Gasteiger partial charge in [0.2, 0.25) is 11.8 Å². The highest BCUT2D eigenvalue weighted by atomic mass is 16.5. The maximum absolute atomic E-state index is 13.8. The van der Waals surface area contributed by atoms with Crippen LogP contribution >= 0.6 is 0 Å². The minimum atomic E-state index is -0.593. The number of rotatable bonds is 13. The maximum atomic E-state index is 13.8. The fraction of sp³-hybridized carbons (Fsp3) is 0.394. The Morgan fingerprint density at radius 1 is 0.846 bits per heavy atom. The van der Waals surface area contributed by atoms with Crippen molar-refractivity contribution >= 4 is 11.8 Å². The minimum absolute atomic E-state index is 0.0445. The molecule has 3 aromatic carbocycles. The van der Waals surface area contributed by atoms with Crippen LogP contribution in [0, 0.1) is 0 Å². The lowest BCUT2D eigenvalue weighted by atomic mass is 9.94. The lowest BCUT2D eigenvalue weighted by molar-refractivity contribution is -0.141. The van der Waals surface area contributed by atoms with Crippen molar-refractivity contribution in [1.29, 1.82) is 0 Å². The van der Waals surface area contributed by atoms with Crippen molar-refractivity contribution in [2.75, 3.05) is 13.7 Å². The predicted molar refractivity (Wildman–Crippen MR) is 154 cm³/mol. The Bertz CT molecular complexity index is 1150. The molecule has 206 valence electrons. The van der Waals surface area contributed by atoms with Gasteiger partial charge in [0, 0.05) is 25.4 Å². The summed E-state index contributed by atoms with van der Waals surface area (Å²) in [6.45, 7) is 0.795. The number of carbonyl (C=O) groups excluding carboxylic acids is 2. The Kier molecular flexibility index (Phi) is 10.8. The Balaban J connectivity index is 1.48. The highest BCUT2D eigenvalue weighted by Gasteiger charge is 2.31. The first-order chi connectivity index (χ1) is 19.1. The van der Waals surface area contributed by atoms with Gasteiger partial charge in [0.1, 0.15) is 17.5 Å². The van der Waals surface area contributed by atoms with E-state index in [9.17, 15) is 9.59 Å². The zero-order chi connectivity index (χ0) is 27.3. The van der Waals surface area contributed by atoms with Gasteiger partial charge in [0.05, 0.1) is 13.7 Å². The molecule has 1 unspecified atom stereocenters. The number of amides is 2. The van der Waals surface area contributed by atoms with Crippen molar-refractivity contribution in [3.63, 3.8) is 0 Å². The van der Waals surface area contributed by atoms with Crippen LogP contribution in [0.2, 0.25) is 0 Å². The second-order valence-electron chi connectivity index (χ2n) is 10.2. The molecule has 0 aromatic heterocycles. The number of hydrogen-bond acceptors (Lipinski definition) is 4. The van der Waals surface area contributed by atoms with Gasteiger partial charge in [-0.3, -0.25) is 9.59 Å². The van der Waals surface area contributed by atoms with Crippen molar-refractivity contribution in [1.82, 2.24) is 10.2 Å². The van der Waals surface area contributed by atoms with Crippen molar-refractivity contribution in [3.8, 4) is 11.5 Å². The molecule has 2 amide bonds. The summed E-state index contributed by atoms with van der Waals surface area (Å²) in [6.07, 6.45) is 6.81. The van der Waals surface area contributed by atoms with Crippen LogP contribution in [0.4, 0.5) is 0 Å². The molecular weight excluding hydrogens is 488 g/mol. The lowest BCUT2D eigenvalue weighted by Gasteiger charge is -2.33. The monoisotopic (exact) mass is 528 g/mol. The Hall–Kier alpha value is -3.80. The molecule has 3 aromatic rings. The van der Waals surface area contributed by atoms with E-state index >= 15 is 0 Å². The van der Waals surface area contributed by atoms with Crippen molar-refractivity contribution in [2.24, 2.45) is 0 Å². The molecule has 1 saturated carbocycles. The summed E-state index contributed by atoms with van der Waals surface area (Å²) < 4.78 is 11.0. The van der Waals surface area contributed by atoms with Gasteiger partial charge in [-0.2, -0.15) is 0 Å². The SMILES string of the molecule is COc1ccc(OCCCC(=O)N(Cc2ccccc2)C(Cc2ccccc2)C(=O)NC2CCCCC2)cc1. The van der Waals surface area contributed by atoms with Crippen molar-refractivity contribution in [3.05, 3.63) is 96.1 Å². The molecule has 0 heterocycles. The molecule has 1 atom stereocenters. The summed E-state index contributed by atoms with van der Waals surface area (Å²) in [5, 5.41) is 3.29. The Morgan fingerprint density at radius 2 is 1.46 bits per heavy atom. The van der Waals surface area contributed by atoms with Gasteiger partial charge < -0.3 is 19.7 Å². The Labute approximate surface area is 232 Å². The zero-order valence-electron chi connectivity index (χ0n) is 22.9. The smallest absolute Gasteiger partial charge is 0.243 e. The molecule has 0 spiro atoms. The first kappa shape index (κ1) is 28.2. The van der Waals surface area contributed by atoms with E-state index in [-0.39, 0.29) is 17.9 Å². The van der Waals surface area contributed by atoms with E-state index in [0.29, 0.717) is 32.4 Å². The highest BCUT2D eigenvalue weighted by molar-refractivity contribution is 5.88. The van der Waals surface area contributed by atoms with Crippen LogP contribution in [0.1, 0.15) is 56.1 Å². The molecule has 39 heavy (non-hydrogen) atoms. The molecule has 6 heteroatoms. The van der Waals surface area contributed by atoms with Gasteiger partial charge in [-0.1, -0.05) is 79.9 Å². The van der Waals surface area contributed by atoms with Crippen LogP contribution < -0.4 is 14.8 Å². The molecular formula is C33H40N2O4. The van der Waals surface area contributed by atoms with E-state index in [2.05, 4.69) is 5.32 Å². The lowest BCUT2D eigenvalue weighted by Crippen LogP contribution is -2.52. The summed E-state index contributed by atoms with van der Waals surface area (Å²) in [5.41, 5.74) is 2.04. The molecule has 4 rings (SSSR count). The molecule has 1 aliphatic carbocycles. The predicted octanol–water partition coefficient (Wildman–Crippen LogP) is 5.94. The molecule has 0 aliphatic heterocycles. The quantitative estimate of drug-likeness (QED) is 0.279. The third-order valence-corrected chi connectivity index (χ3v) is 7.28. The fourth-order valence-corrected chi connectivity index (χ4v) is 5.11. The standard InChI is InChI=1S/C33H40N2O4/c1-38-29-19-21-30(22-20-29)39-23-11-18-32(36)35(25-27-14-7-3-8-15-27)31(24-26-12-5-2-6-13-26)33(37)34-28-16-9-4-10-17-28/h2-3,5-8,12-15,19-22,28,31H,4,9-11,16-18,23-25H2,1H3,(H,34,37). The molecule has 0 saturated heterocycles. The number of nitrogens with one attached hydrogen (secondary N) is 1. The summed E-state index contributed by atoms with van der Waals surface area (Å²) in [5.74, 6) is 1.39. The average Bonchev–Trinajstić information content (AvgIpc) is 2.99. The van der Waals surface area contributed by atoms with E-state index in [4.69, 9.17) is 9.47 Å². The highest BCUT2D eigenvalue weighted by Crippen LogP contribution is 2.21. The number of hydrogen-bond donors (Lipinski definition) is 1. The minimum Gasteiger partial charge on any atom is -0.497 e. The number of benzene rings is 3. The molecule has 1 aliphatic rings. The Morgan fingerprint density at radius 3 is 2.10 bits per heavy atom. The van der Waals surface area contributed by atoms with Crippen LogP contribution in [0.5, 0.6) is 11.5 Å². The van der Waals surface area contributed by atoms with E-state index < -0.39 is 6.04 Å². The van der Waals surface area contributed by atoms with Crippen LogP contribution in [0.3, 0.4) is 0 Å². The van der Waals surface area contributed by atoms with Gasteiger partial charge in [-0.05, 0) is 54.7 Å². The summed E-state index contributed by atoms with van der Waals surface area (Å²) >= 11 is 0. The third-order valence-electron chi connectivity index (χ3n) is 7.28. The van der Waals surface area contributed by atoms with Crippen LogP contribution in [-0.2, 0) is 22.6 Å². The van der Waals surface area contributed by atoms with Crippen molar-refractivity contribution in [2.45, 2.75) is 70.0 Å². The third kappa shape index (κ3) is 8.88. The molecule has 0 bridgehead atoms. The average molecular weight is 529 g/mol. The fourth-order valence-electron chi connectivity index (χ4n) is 5.11. The van der Waals surface area contributed by atoms with Crippen molar-refractivity contribution < 1.29 is 19.1 Å². The van der Waals surface area contributed by atoms with Gasteiger partial charge >= 0.3 is 0 Å². The van der Waals surface area contributed by atoms with Gasteiger partial charge in [0.25, 0.3) is 0 Å². The van der Waals surface area contributed by atoms with Gasteiger partial charge in [-0.15, -0.1) is 0 Å². The van der Waals surface area contributed by atoms with Crippen LogP contribution in [0.25, 0.3) is 0 Å². The number of ether oxygens (including phenoxy) is 2. The molecule has 0 radical (unpaired) electrons. The van der Waals surface area contributed by atoms with Gasteiger partial charge in [-0.25, -0.2) is 0 Å². The largest absolute Gasteiger partial charge is 0.497 e. The second kappa shape index (κ2) is 15.0. The topological polar surface area (TPSA) is 67.9 Å². The summed E-state index contributed by atoms with van der Waals surface area (Å²) in [4.78, 5) is 29.3. The molecule has 1 fully saturated rings. The van der Waals surface area contributed by atoms with Gasteiger partial charge in [0.15, 0.2) is 0 Å². The van der Waals surface area contributed by atoms with E-state index in [0.717, 1.165) is 48.3 Å². The van der Waals surface area contributed by atoms with E-state index in [1.165, 1.54) is 6.42 Å². The normalized spacial score (nSPS) is 14.3. The maximum Gasteiger partial charge on any atom is 0.243 e. The number of nitrogens with zero attached hydrogens (tertiary/aromatic N) is 1. The summed E-state index contributed by atoms with van der Waals surface area (Å²) in [7, 11) is 1.63.